The Balaban J connectivity index is 1.37. The maximum Gasteiger partial charge on any atom is 0.319 e. The van der Waals surface area contributed by atoms with E-state index in [2.05, 4.69) is 15.6 Å². The Morgan fingerprint density at radius 3 is 3.00 bits per heavy atom. The van der Waals surface area contributed by atoms with Gasteiger partial charge in [0, 0.05) is 18.2 Å². The summed E-state index contributed by atoms with van der Waals surface area (Å²) in [5, 5.41) is 5.94. The molecule has 6 heteroatoms. The van der Waals surface area contributed by atoms with Gasteiger partial charge in [-0.25, -0.2) is 4.79 Å². The molecule has 0 aromatic carbocycles. The first-order valence-corrected chi connectivity index (χ1v) is 8.84. The summed E-state index contributed by atoms with van der Waals surface area (Å²) in [5.74, 6) is 1.21. The Labute approximate surface area is 142 Å². The zero-order valence-corrected chi connectivity index (χ0v) is 14.3. The van der Waals surface area contributed by atoms with E-state index in [1.165, 1.54) is 12.8 Å². The van der Waals surface area contributed by atoms with Gasteiger partial charge < -0.3 is 20.1 Å². The molecule has 130 valence electrons. The molecule has 1 aliphatic heterocycles. The van der Waals surface area contributed by atoms with Crippen LogP contribution >= 0.6 is 0 Å². The Morgan fingerprint density at radius 1 is 1.50 bits per heavy atom. The van der Waals surface area contributed by atoms with Crippen LogP contribution in [0, 0.1) is 11.3 Å². The number of nitrogens with one attached hydrogen (secondary N) is 2. The number of carbonyl (C=O) groups is 1. The second kappa shape index (κ2) is 5.62. The van der Waals surface area contributed by atoms with Crippen LogP contribution in [0.25, 0.3) is 0 Å². The summed E-state index contributed by atoms with van der Waals surface area (Å²) in [5.41, 5.74) is 0.869. The minimum atomic E-state index is -0.198. The van der Waals surface area contributed by atoms with Gasteiger partial charge in [0.1, 0.15) is 0 Å². The van der Waals surface area contributed by atoms with Gasteiger partial charge in [0.2, 0.25) is 0 Å². The highest BCUT2D eigenvalue weighted by Gasteiger charge is 2.73. The first kappa shape index (κ1) is 15.7. The first-order chi connectivity index (χ1) is 11.5. The monoisotopic (exact) mass is 331 g/mol. The number of carbonyl (C=O) groups excluding carboxylic acids is 1. The van der Waals surface area contributed by atoms with Gasteiger partial charge >= 0.3 is 6.03 Å². The summed E-state index contributed by atoms with van der Waals surface area (Å²) < 4.78 is 11.7. The van der Waals surface area contributed by atoms with Crippen molar-refractivity contribution in [1.29, 1.82) is 0 Å². The number of ether oxygens (including phenoxy) is 2. The number of hydrogen-bond acceptors (Lipinski definition) is 4. The number of nitrogens with zero attached hydrogens (tertiary/aromatic N) is 1. The van der Waals surface area contributed by atoms with Gasteiger partial charge in [-0.3, -0.25) is 4.98 Å². The van der Waals surface area contributed by atoms with Crippen molar-refractivity contribution >= 4 is 11.7 Å². The Bertz CT molecular complexity index is 644. The molecular weight excluding hydrogens is 306 g/mol. The molecule has 2 aliphatic carbocycles. The average molecular weight is 331 g/mol. The van der Waals surface area contributed by atoms with Crippen molar-refractivity contribution in [3.63, 3.8) is 0 Å². The van der Waals surface area contributed by atoms with E-state index < -0.39 is 0 Å². The standard InChI is InChI=1S/C18H25N3O3/c1-12(2)24-15-9-19-7-4-14(15)21-16(22)20-11-17-8-13(17)10-23-18(17)5-3-6-18/h4,7,9,12-13H,3,5-6,8,10-11H2,1-2H3,(H2,19,20,21,22)/t13-,17+/m0/s1. The smallest absolute Gasteiger partial charge is 0.319 e. The number of anilines is 1. The van der Waals surface area contributed by atoms with Crippen LogP contribution < -0.4 is 15.4 Å². The molecule has 4 rings (SSSR count). The summed E-state index contributed by atoms with van der Waals surface area (Å²) in [6, 6.07) is 1.55. The summed E-state index contributed by atoms with van der Waals surface area (Å²) in [6.07, 6.45) is 8.01. The van der Waals surface area contributed by atoms with Gasteiger partial charge in [-0.2, -0.15) is 0 Å². The summed E-state index contributed by atoms with van der Waals surface area (Å²) >= 11 is 0. The molecule has 0 bridgehead atoms. The first-order valence-electron chi connectivity index (χ1n) is 8.84. The summed E-state index contributed by atoms with van der Waals surface area (Å²) in [6.45, 7) is 5.44. The van der Waals surface area contributed by atoms with E-state index in [4.69, 9.17) is 9.47 Å². The zero-order chi connectivity index (χ0) is 16.8. The molecule has 24 heavy (non-hydrogen) atoms. The maximum atomic E-state index is 12.3. The maximum absolute atomic E-state index is 12.3. The molecule has 2 heterocycles. The fraction of sp³-hybridized carbons (Fsp3) is 0.667. The van der Waals surface area contributed by atoms with Crippen molar-refractivity contribution in [1.82, 2.24) is 10.3 Å². The summed E-state index contributed by atoms with van der Waals surface area (Å²) in [7, 11) is 0. The third-order valence-electron chi connectivity index (χ3n) is 5.82. The second-order valence-corrected chi connectivity index (χ2v) is 7.56. The molecular formula is C18H25N3O3. The number of aromatic nitrogens is 1. The van der Waals surface area contributed by atoms with E-state index in [0.29, 0.717) is 23.9 Å². The van der Waals surface area contributed by atoms with Crippen molar-refractivity contribution in [2.75, 3.05) is 18.5 Å². The third kappa shape index (κ3) is 2.44. The fourth-order valence-corrected chi connectivity index (χ4v) is 4.31. The van der Waals surface area contributed by atoms with Gasteiger partial charge in [0.15, 0.2) is 5.75 Å². The van der Waals surface area contributed by atoms with E-state index in [9.17, 15) is 4.79 Å². The van der Waals surface area contributed by atoms with E-state index in [-0.39, 0.29) is 23.2 Å². The van der Waals surface area contributed by atoms with Crippen LogP contribution in [-0.4, -0.2) is 35.9 Å². The normalized spacial score (nSPS) is 29.0. The molecule has 2 amide bonds. The molecule has 2 atom stereocenters. The number of fused-ring (bicyclic) bond motifs is 2. The van der Waals surface area contributed by atoms with Crippen molar-refractivity contribution < 1.29 is 14.3 Å². The lowest BCUT2D eigenvalue weighted by Crippen LogP contribution is -2.51. The van der Waals surface area contributed by atoms with Gasteiger partial charge in [-0.05, 0) is 51.5 Å². The molecule has 0 radical (unpaired) electrons. The van der Waals surface area contributed by atoms with Crippen LogP contribution in [0.2, 0.25) is 0 Å². The van der Waals surface area contributed by atoms with E-state index in [1.807, 2.05) is 13.8 Å². The molecule has 0 unspecified atom stereocenters. The highest BCUT2D eigenvalue weighted by Crippen LogP contribution is 2.70. The Morgan fingerprint density at radius 2 is 2.33 bits per heavy atom. The van der Waals surface area contributed by atoms with Crippen LogP contribution in [0.3, 0.4) is 0 Å². The van der Waals surface area contributed by atoms with Gasteiger partial charge in [-0.1, -0.05) is 0 Å². The minimum Gasteiger partial charge on any atom is -0.487 e. The van der Waals surface area contributed by atoms with E-state index >= 15 is 0 Å². The van der Waals surface area contributed by atoms with Crippen LogP contribution in [0.1, 0.15) is 39.5 Å². The number of rotatable bonds is 5. The third-order valence-corrected chi connectivity index (χ3v) is 5.82. The van der Waals surface area contributed by atoms with Crippen molar-refractivity contribution in [3.8, 4) is 5.75 Å². The molecule has 1 aromatic heterocycles. The van der Waals surface area contributed by atoms with E-state index in [1.54, 1.807) is 18.5 Å². The molecule has 1 spiro atoms. The Hall–Kier alpha value is -1.82. The van der Waals surface area contributed by atoms with Gasteiger partial charge in [0.05, 0.1) is 30.2 Å². The van der Waals surface area contributed by atoms with Crippen LogP contribution in [-0.2, 0) is 4.74 Å². The Kier molecular flexibility index (Phi) is 3.67. The largest absolute Gasteiger partial charge is 0.487 e. The van der Waals surface area contributed by atoms with Crippen LogP contribution in [0.15, 0.2) is 18.5 Å². The lowest BCUT2D eigenvalue weighted by Gasteiger charge is -2.45. The molecule has 3 aliphatic rings. The fourth-order valence-electron chi connectivity index (χ4n) is 4.31. The lowest BCUT2D eigenvalue weighted by atomic mass is 9.68. The lowest BCUT2D eigenvalue weighted by molar-refractivity contribution is -0.109. The van der Waals surface area contributed by atoms with Crippen molar-refractivity contribution in [2.24, 2.45) is 11.3 Å². The highest BCUT2D eigenvalue weighted by molar-refractivity contribution is 5.90. The highest BCUT2D eigenvalue weighted by atomic mass is 16.5. The number of amides is 2. The quantitative estimate of drug-likeness (QED) is 0.870. The minimum absolute atomic E-state index is 0.0260. The SMILES string of the molecule is CC(C)Oc1cnccc1NC(=O)NC[C@]12C[C@H]1COC21CCC1. The summed E-state index contributed by atoms with van der Waals surface area (Å²) in [4.78, 5) is 16.4. The zero-order valence-electron chi connectivity index (χ0n) is 14.3. The van der Waals surface area contributed by atoms with Crippen LogP contribution in [0.5, 0.6) is 5.75 Å². The number of pyridine rings is 1. The van der Waals surface area contributed by atoms with Gasteiger partial charge in [0.25, 0.3) is 0 Å². The number of urea groups is 1. The molecule has 1 saturated heterocycles. The topological polar surface area (TPSA) is 72.5 Å². The van der Waals surface area contributed by atoms with Gasteiger partial charge in [-0.15, -0.1) is 0 Å². The molecule has 6 nitrogen and oxygen atoms in total. The van der Waals surface area contributed by atoms with Crippen molar-refractivity contribution in [2.45, 2.75) is 51.2 Å². The predicted molar refractivity (Wildman–Crippen MR) is 90.1 cm³/mol. The average Bonchev–Trinajstić information content (AvgIpc) is 3.12. The van der Waals surface area contributed by atoms with Crippen LogP contribution in [0.4, 0.5) is 10.5 Å². The predicted octanol–water partition coefficient (Wildman–Crippen LogP) is 2.95. The molecule has 2 saturated carbocycles. The van der Waals surface area contributed by atoms with Crippen molar-refractivity contribution in [3.05, 3.63) is 18.5 Å². The molecule has 1 aromatic rings. The molecule has 2 N–H and O–H groups in total. The second-order valence-electron chi connectivity index (χ2n) is 7.56. The molecule has 3 fully saturated rings. The number of hydrogen-bond donors (Lipinski definition) is 2. The van der Waals surface area contributed by atoms with E-state index in [0.717, 1.165) is 19.4 Å².